The zero-order valence-electron chi connectivity index (χ0n) is 11.2. The van der Waals surface area contributed by atoms with Crippen LogP contribution in [-0.4, -0.2) is 29.9 Å². The Morgan fingerprint density at radius 1 is 1.48 bits per heavy atom. The van der Waals surface area contributed by atoms with Crippen LogP contribution in [0.3, 0.4) is 0 Å². The van der Waals surface area contributed by atoms with Gasteiger partial charge in [0.05, 0.1) is 10.8 Å². The van der Waals surface area contributed by atoms with Gasteiger partial charge in [0.1, 0.15) is 0 Å². The molecule has 0 radical (unpaired) electrons. The summed E-state index contributed by atoms with van der Waals surface area (Å²) in [6, 6.07) is 4.77. The van der Waals surface area contributed by atoms with E-state index in [2.05, 4.69) is 4.99 Å². The third-order valence-corrected chi connectivity index (χ3v) is 4.27. The standard InChI is InChI=1S/C13H14F3N3OS/c1-18-12(17)21-10-5-6-19(11(10)20)9-4-2-3-8(7-9)13(14,15)16/h2-4,7,10H,5-6H2,1H3,(H2,17,18). The number of halogens is 3. The normalized spacial score (nSPS) is 20.2. The number of benzene rings is 1. The second kappa shape index (κ2) is 5.97. The summed E-state index contributed by atoms with van der Waals surface area (Å²) in [5.74, 6) is -0.245. The first-order chi connectivity index (χ1) is 9.82. The fourth-order valence-electron chi connectivity index (χ4n) is 2.07. The number of carbonyl (C=O) groups excluding carboxylic acids is 1. The molecule has 2 rings (SSSR count). The number of rotatable bonds is 2. The Morgan fingerprint density at radius 2 is 2.19 bits per heavy atom. The number of anilines is 1. The van der Waals surface area contributed by atoms with Gasteiger partial charge in [-0.05, 0) is 24.6 Å². The van der Waals surface area contributed by atoms with Crippen molar-refractivity contribution in [2.45, 2.75) is 17.8 Å². The van der Waals surface area contributed by atoms with Crippen LogP contribution in [0.1, 0.15) is 12.0 Å². The molecule has 1 unspecified atom stereocenters. The molecule has 8 heteroatoms. The van der Waals surface area contributed by atoms with Crippen molar-refractivity contribution in [1.82, 2.24) is 0 Å². The van der Waals surface area contributed by atoms with Crippen LogP contribution in [0.2, 0.25) is 0 Å². The van der Waals surface area contributed by atoms with Crippen LogP contribution >= 0.6 is 11.8 Å². The predicted molar refractivity (Wildman–Crippen MR) is 77.3 cm³/mol. The highest BCUT2D eigenvalue weighted by Gasteiger charge is 2.35. The average molecular weight is 317 g/mol. The molecule has 114 valence electrons. The molecule has 2 N–H and O–H groups in total. The number of hydrogen-bond acceptors (Lipinski definition) is 3. The Hall–Kier alpha value is -1.70. The molecule has 1 heterocycles. The molecule has 0 spiro atoms. The van der Waals surface area contributed by atoms with E-state index in [1.165, 1.54) is 24.1 Å². The summed E-state index contributed by atoms with van der Waals surface area (Å²) in [6.07, 6.45) is -3.90. The van der Waals surface area contributed by atoms with Crippen molar-refractivity contribution >= 4 is 28.5 Å². The lowest BCUT2D eigenvalue weighted by Gasteiger charge is -2.18. The van der Waals surface area contributed by atoms with Crippen LogP contribution in [-0.2, 0) is 11.0 Å². The lowest BCUT2D eigenvalue weighted by Crippen LogP contribution is -2.29. The molecule has 4 nitrogen and oxygen atoms in total. The minimum atomic E-state index is -4.42. The molecular weight excluding hydrogens is 303 g/mol. The van der Waals surface area contributed by atoms with E-state index in [0.717, 1.165) is 23.9 Å². The summed E-state index contributed by atoms with van der Waals surface area (Å²) < 4.78 is 38.1. The molecule has 1 saturated heterocycles. The van der Waals surface area contributed by atoms with Crippen LogP contribution in [0.4, 0.5) is 18.9 Å². The number of alkyl halides is 3. The molecule has 0 aliphatic carbocycles. The van der Waals surface area contributed by atoms with Crippen LogP contribution in [0.25, 0.3) is 0 Å². The van der Waals surface area contributed by atoms with Crippen LogP contribution in [0, 0.1) is 0 Å². The quantitative estimate of drug-likeness (QED) is 0.673. The smallest absolute Gasteiger partial charge is 0.379 e. The zero-order valence-corrected chi connectivity index (χ0v) is 12.0. The maximum Gasteiger partial charge on any atom is 0.416 e. The number of nitrogens with two attached hydrogens (primary N) is 1. The Labute approximate surface area is 124 Å². The maximum atomic E-state index is 12.7. The Bertz CT molecular complexity index is 574. The van der Waals surface area contributed by atoms with Gasteiger partial charge in [0.25, 0.3) is 0 Å². The lowest BCUT2D eigenvalue weighted by atomic mass is 10.2. The van der Waals surface area contributed by atoms with Gasteiger partial charge in [0.15, 0.2) is 5.17 Å². The predicted octanol–water partition coefficient (Wildman–Crippen LogP) is 2.49. The summed E-state index contributed by atoms with van der Waals surface area (Å²) in [7, 11) is 1.52. The second-order valence-electron chi connectivity index (χ2n) is 4.49. The van der Waals surface area contributed by atoms with Crippen LogP contribution in [0.15, 0.2) is 29.3 Å². The minimum Gasteiger partial charge on any atom is -0.379 e. The van der Waals surface area contributed by atoms with E-state index in [9.17, 15) is 18.0 Å². The largest absolute Gasteiger partial charge is 0.416 e. The van der Waals surface area contributed by atoms with Gasteiger partial charge in [-0.25, -0.2) is 0 Å². The van der Waals surface area contributed by atoms with E-state index in [1.54, 1.807) is 0 Å². The Kier molecular flexibility index (Phi) is 4.46. The van der Waals surface area contributed by atoms with E-state index in [4.69, 9.17) is 5.73 Å². The SMILES string of the molecule is CN=C(N)SC1CCN(c2cccc(C(F)(F)F)c2)C1=O. The number of nitrogens with zero attached hydrogens (tertiary/aromatic N) is 2. The van der Waals surface area contributed by atoms with Crippen molar-refractivity contribution in [3.05, 3.63) is 29.8 Å². The van der Waals surface area contributed by atoms with Gasteiger partial charge in [-0.1, -0.05) is 17.8 Å². The first kappa shape index (κ1) is 15.7. The number of aliphatic imine (C=N–C) groups is 1. The summed E-state index contributed by atoms with van der Waals surface area (Å²) in [5.41, 5.74) is 5.06. The molecule has 1 aromatic carbocycles. The molecule has 1 fully saturated rings. The average Bonchev–Trinajstić information content (AvgIpc) is 2.79. The van der Waals surface area contributed by atoms with Crippen LogP contribution in [0.5, 0.6) is 0 Å². The van der Waals surface area contributed by atoms with E-state index in [0.29, 0.717) is 18.1 Å². The molecule has 1 aliphatic rings. The van der Waals surface area contributed by atoms with Crippen molar-refractivity contribution in [1.29, 1.82) is 0 Å². The van der Waals surface area contributed by atoms with Gasteiger partial charge in [-0.3, -0.25) is 9.79 Å². The molecule has 21 heavy (non-hydrogen) atoms. The highest BCUT2D eigenvalue weighted by Crippen LogP contribution is 2.34. The molecule has 1 aromatic rings. The fraction of sp³-hybridized carbons (Fsp3) is 0.385. The van der Waals surface area contributed by atoms with E-state index in [-0.39, 0.29) is 11.6 Å². The molecular formula is C13H14F3N3OS. The minimum absolute atomic E-state index is 0.245. The van der Waals surface area contributed by atoms with Crippen molar-refractivity contribution < 1.29 is 18.0 Å². The third kappa shape index (κ3) is 3.49. The van der Waals surface area contributed by atoms with E-state index < -0.39 is 17.0 Å². The number of hydrogen-bond donors (Lipinski definition) is 1. The van der Waals surface area contributed by atoms with Gasteiger partial charge in [0, 0.05) is 19.3 Å². The Morgan fingerprint density at radius 3 is 2.81 bits per heavy atom. The first-order valence-corrected chi connectivity index (χ1v) is 7.08. The van der Waals surface area contributed by atoms with Gasteiger partial charge < -0.3 is 10.6 Å². The van der Waals surface area contributed by atoms with Gasteiger partial charge in [0.2, 0.25) is 5.91 Å². The fourth-order valence-corrected chi connectivity index (χ4v) is 2.92. The van der Waals surface area contributed by atoms with Crippen molar-refractivity contribution in [3.63, 3.8) is 0 Å². The van der Waals surface area contributed by atoms with Gasteiger partial charge >= 0.3 is 6.18 Å². The van der Waals surface area contributed by atoms with Crippen LogP contribution < -0.4 is 10.6 Å². The Balaban J connectivity index is 2.19. The number of thioether (sulfide) groups is 1. The zero-order chi connectivity index (χ0) is 15.6. The van der Waals surface area contributed by atoms with Gasteiger partial charge in [-0.15, -0.1) is 0 Å². The summed E-state index contributed by atoms with van der Waals surface area (Å²) >= 11 is 1.14. The van der Waals surface area contributed by atoms with Crippen molar-refractivity contribution in [2.75, 3.05) is 18.5 Å². The number of amides is 1. The lowest BCUT2D eigenvalue weighted by molar-refractivity contribution is -0.137. The van der Waals surface area contributed by atoms with E-state index >= 15 is 0 Å². The summed E-state index contributed by atoms with van der Waals surface area (Å²) in [4.78, 5) is 17.4. The van der Waals surface area contributed by atoms with E-state index in [1.807, 2.05) is 0 Å². The third-order valence-electron chi connectivity index (χ3n) is 3.12. The highest BCUT2D eigenvalue weighted by atomic mass is 32.2. The maximum absolute atomic E-state index is 12.7. The first-order valence-electron chi connectivity index (χ1n) is 6.20. The molecule has 0 bridgehead atoms. The number of carbonyl (C=O) groups is 1. The molecule has 1 atom stereocenters. The number of amidine groups is 1. The second-order valence-corrected chi connectivity index (χ2v) is 5.72. The molecule has 1 aliphatic heterocycles. The van der Waals surface area contributed by atoms with Crippen molar-refractivity contribution in [2.24, 2.45) is 10.7 Å². The summed E-state index contributed by atoms with van der Waals surface area (Å²) in [5, 5.41) is -0.109. The molecule has 0 aromatic heterocycles. The molecule has 1 amide bonds. The monoisotopic (exact) mass is 317 g/mol. The topological polar surface area (TPSA) is 58.7 Å². The summed E-state index contributed by atoms with van der Waals surface area (Å²) in [6.45, 7) is 0.370. The van der Waals surface area contributed by atoms with Crippen molar-refractivity contribution in [3.8, 4) is 0 Å². The highest BCUT2D eigenvalue weighted by molar-refractivity contribution is 8.14. The van der Waals surface area contributed by atoms with Gasteiger partial charge in [-0.2, -0.15) is 13.2 Å². The molecule has 0 saturated carbocycles.